The van der Waals surface area contributed by atoms with E-state index in [1.165, 1.54) is 18.4 Å². The molecule has 2 aromatic carbocycles. The van der Waals surface area contributed by atoms with Gasteiger partial charge in [-0.05, 0) is 71.6 Å². The van der Waals surface area contributed by atoms with Crippen LogP contribution in [0.15, 0.2) is 94.5 Å². The number of amides is 2. The zero-order valence-corrected chi connectivity index (χ0v) is 20.0. The van der Waals surface area contributed by atoms with Crippen LogP contribution in [0.2, 0.25) is 0 Å². The maximum absolute atomic E-state index is 13.7. The van der Waals surface area contributed by atoms with Crippen LogP contribution in [0.3, 0.4) is 0 Å². The second-order valence-corrected chi connectivity index (χ2v) is 8.59. The van der Waals surface area contributed by atoms with Crippen LogP contribution >= 0.6 is 0 Å². The van der Waals surface area contributed by atoms with Gasteiger partial charge in [0.25, 0.3) is 11.8 Å². The minimum absolute atomic E-state index is 0.115. The molecule has 1 N–H and O–H groups in total. The molecular weight excluding hydrogens is 475 g/mol. The van der Waals surface area contributed by atoms with Crippen molar-refractivity contribution in [3.05, 3.63) is 125 Å². The lowest BCUT2D eigenvalue weighted by Gasteiger charge is -2.37. The Bertz CT molecular complexity index is 1410. The van der Waals surface area contributed by atoms with Gasteiger partial charge >= 0.3 is 0 Å². The van der Waals surface area contributed by atoms with E-state index < -0.39 is 6.04 Å². The Balaban J connectivity index is 1.40. The minimum Gasteiger partial charge on any atom is -0.486 e. The van der Waals surface area contributed by atoms with E-state index in [2.05, 4.69) is 11.9 Å². The SMILES string of the molecule is C=CCNC(=O)c1ccc(COc2ccc3c(c2)C(c2ccc(F)cc2)N(C(=O)c2ccco2)CC3)o1. The number of furan rings is 2. The molecule has 0 saturated heterocycles. The summed E-state index contributed by atoms with van der Waals surface area (Å²) < 4.78 is 30.7. The van der Waals surface area contributed by atoms with Crippen LogP contribution in [0.4, 0.5) is 4.39 Å². The van der Waals surface area contributed by atoms with Crippen molar-refractivity contribution in [2.45, 2.75) is 19.1 Å². The molecule has 5 rings (SSSR count). The van der Waals surface area contributed by atoms with Crippen LogP contribution in [-0.4, -0.2) is 29.8 Å². The summed E-state index contributed by atoms with van der Waals surface area (Å²) in [5, 5.41) is 2.66. The van der Waals surface area contributed by atoms with Crippen molar-refractivity contribution in [2.75, 3.05) is 13.1 Å². The molecular formula is C29H25FN2O5. The smallest absolute Gasteiger partial charge is 0.290 e. The van der Waals surface area contributed by atoms with E-state index in [-0.39, 0.29) is 35.8 Å². The van der Waals surface area contributed by atoms with Crippen LogP contribution in [-0.2, 0) is 13.0 Å². The lowest BCUT2D eigenvalue weighted by Crippen LogP contribution is -2.40. The highest BCUT2D eigenvalue weighted by Gasteiger charge is 2.34. The van der Waals surface area contributed by atoms with Gasteiger partial charge in [0.15, 0.2) is 11.5 Å². The molecule has 1 unspecified atom stereocenters. The third kappa shape index (κ3) is 5.18. The molecule has 0 radical (unpaired) electrons. The van der Waals surface area contributed by atoms with Crippen LogP contribution in [0.1, 0.15) is 49.6 Å². The Hall–Kier alpha value is -4.59. The first-order chi connectivity index (χ1) is 18.0. The van der Waals surface area contributed by atoms with E-state index in [0.717, 1.165) is 16.7 Å². The normalized spacial score (nSPS) is 14.6. The molecule has 37 heavy (non-hydrogen) atoms. The molecule has 1 atom stereocenters. The summed E-state index contributed by atoms with van der Waals surface area (Å²) in [5.74, 6) is 0.579. The molecule has 8 heteroatoms. The third-order valence-electron chi connectivity index (χ3n) is 6.20. The summed E-state index contributed by atoms with van der Waals surface area (Å²) in [5.41, 5.74) is 2.74. The second-order valence-electron chi connectivity index (χ2n) is 8.59. The number of hydrogen-bond acceptors (Lipinski definition) is 5. The predicted molar refractivity (Wildman–Crippen MR) is 134 cm³/mol. The maximum Gasteiger partial charge on any atom is 0.290 e. The first kappa shape index (κ1) is 24.1. The third-order valence-corrected chi connectivity index (χ3v) is 6.20. The highest BCUT2D eigenvalue weighted by molar-refractivity contribution is 5.92. The highest BCUT2D eigenvalue weighted by Crippen LogP contribution is 2.38. The summed E-state index contributed by atoms with van der Waals surface area (Å²) in [6.45, 7) is 4.51. The Morgan fingerprint density at radius 3 is 2.70 bits per heavy atom. The number of rotatable bonds is 8. The molecule has 0 aliphatic carbocycles. The molecule has 2 aromatic heterocycles. The van der Waals surface area contributed by atoms with Gasteiger partial charge in [0.05, 0.1) is 12.3 Å². The molecule has 0 fully saturated rings. The Labute approximate surface area is 213 Å². The molecule has 0 saturated carbocycles. The van der Waals surface area contributed by atoms with Crippen LogP contribution in [0, 0.1) is 5.82 Å². The van der Waals surface area contributed by atoms with E-state index in [1.54, 1.807) is 47.4 Å². The first-order valence-electron chi connectivity index (χ1n) is 11.9. The molecule has 3 heterocycles. The van der Waals surface area contributed by atoms with Gasteiger partial charge < -0.3 is 23.8 Å². The standard InChI is InChI=1S/C29H25FN2O5/c1-2-14-31-28(33)25-12-11-23(37-25)18-36-22-10-7-19-13-15-32(29(34)26-4-3-16-35-26)27(24(19)17-22)20-5-8-21(30)9-6-20/h2-12,16-17,27H,1,13-15,18H2,(H,31,33). The lowest BCUT2D eigenvalue weighted by atomic mass is 9.87. The van der Waals surface area contributed by atoms with Crippen molar-refractivity contribution < 1.29 is 27.6 Å². The quantitative estimate of drug-likeness (QED) is 0.332. The largest absolute Gasteiger partial charge is 0.486 e. The van der Waals surface area contributed by atoms with Gasteiger partial charge in [-0.3, -0.25) is 9.59 Å². The number of nitrogens with zero attached hydrogens (tertiary/aromatic N) is 1. The number of benzene rings is 2. The molecule has 188 valence electrons. The van der Waals surface area contributed by atoms with Gasteiger partial charge in [-0.1, -0.05) is 24.3 Å². The number of ether oxygens (including phenoxy) is 1. The fraction of sp³-hybridized carbons (Fsp3) is 0.172. The zero-order chi connectivity index (χ0) is 25.8. The molecule has 2 amide bonds. The fourth-order valence-corrected chi connectivity index (χ4v) is 4.43. The topological polar surface area (TPSA) is 84.9 Å². The monoisotopic (exact) mass is 500 g/mol. The Morgan fingerprint density at radius 1 is 1.11 bits per heavy atom. The number of hydrogen-bond donors (Lipinski definition) is 1. The fourth-order valence-electron chi connectivity index (χ4n) is 4.43. The molecule has 1 aliphatic rings. The van der Waals surface area contributed by atoms with Gasteiger partial charge in [-0.25, -0.2) is 4.39 Å². The van der Waals surface area contributed by atoms with Crippen molar-refractivity contribution in [2.24, 2.45) is 0 Å². The van der Waals surface area contributed by atoms with Gasteiger partial charge in [-0.2, -0.15) is 0 Å². The van der Waals surface area contributed by atoms with Crippen LogP contribution in [0.25, 0.3) is 0 Å². The highest BCUT2D eigenvalue weighted by atomic mass is 19.1. The molecule has 1 aliphatic heterocycles. The minimum atomic E-state index is -0.450. The predicted octanol–water partition coefficient (Wildman–Crippen LogP) is 5.29. The van der Waals surface area contributed by atoms with Gasteiger partial charge in [0.1, 0.15) is 23.9 Å². The Morgan fingerprint density at radius 2 is 1.95 bits per heavy atom. The van der Waals surface area contributed by atoms with Gasteiger partial charge in [0, 0.05) is 13.1 Å². The molecule has 7 nitrogen and oxygen atoms in total. The van der Waals surface area contributed by atoms with Crippen molar-refractivity contribution in [3.8, 4) is 5.75 Å². The van der Waals surface area contributed by atoms with Crippen molar-refractivity contribution in [1.82, 2.24) is 10.2 Å². The number of carbonyl (C=O) groups is 2. The summed E-state index contributed by atoms with van der Waals surface area (Å²) in [4.78, 5) is 27.1. The van der Waals surface area contributed by atoms with E-state index in [4.69, 9.17) is 13.6 Å². The van der Waals surface area contributed by atoms with E-state index in [1.807, 2.05) is 18.2 Å². The van der Waals surface area contributed by atoms with Crippen molar-refractivity contribution >= 4 is 11.8 Å². The second kappa shape index (κ2) is 10.6. The molecule has 0 bridgehead atoms. The zero-order valence-electron chi connectivity index (χ0n) is 20.0. The van der Waals surface area contributed by atoms with Crippen LogP contribution in [0.5, 0.6) is 5.75 Å². The number of halogens is 1. The van der Waals surface area contributed by atoms with Crippen molar-refractivity contribution in [1.29, 1.82) is 0 Å². The number of fused-ring (bicyclic) bond motifs is 1. The van der Waals surface area contributed by atoms with E-state index in [9.17, 15) is 14.0 Å². The van der Waals surface area contributed by atoms with Gasteiger partial charge in [-0.15, -0.1) is 6.58 Å². The summed E-state index contributed by atoms with van der Waals surface area (Å²) >= 11 is 0. The number of nitrogens with one attached hydrogen (secondary N) is 1. The lowest BCUT2D eigenvalue weighted by molar-refractivity contribution is 0.0661. The molecule has 4 aromatic rings. The molecule has 0 spiro atoms. The van der Waals surface area contributed by atoms with Crippen molar-refractivity contribution in [3.63, 3.8) is 0 Å². The first-order valence-corrected chi connectivity index (χ1v) is 11.9. The number of carbonyl (C=O) groups excluding carboxylic acids is 2. The summed E-state index contributed by atoms with van der Waals surface area (Å²) in [6, 6.07) is 18.0. The average Bonchev–Trinajstić information content (AvgIpc) is 3.63. The van der Waals surface area contributed by atoms with E-state index >= 15 is 0 Å². The van der Waals surface area contributed by atoms with Gasteiger partial charge in [0.2, 0.25) is 0 Å². The summed E-state index contributed by atoms with van der Waals surface area (Å²) in [7, 11) is 0. The summed E-state index contributed by atoms with van der Waals surface area (Å²) in [6.07, 6.45) is 3.71. The van der Waals surface area contributed by atoms with E-state index in [0.29, 0.717) is 31.0 Å². The maximum atomic E-state index is 13.7. The average molecular weight is 501 g/mol. The van der Waals surface area contributed by atoms with Crippen LogP contribution < -0.4 is 10.1 Å². The Kier molecular flexibility index (Phi) is 6.89.